The van der Waals surface area contributed by atoms with E-state index in [1.54, 1.807) is 0 Å². The lowest BCUT2D eigenvalue weighted by atomic mass is 9.75. The van der Waals surface area contributed by atoms with Crippen LogP contribution in [0.2, 0.25) is 4.34 Å². The molecule has 1 fully saturated rings. The van der Waals surface area contributed by atoms with Gasteiger partial charge in [0.05, 0.1) is 12.7 Å². The fourth-order valence-electron chi connectivity index (χ4n) is 4.46. The molecular formula is C21H26ClFN2O2S. The first-order valence-electron chi connectivity index (χ1n) is 9.41. The fraction of sp³-hybridized carbons (Fsp3) is 0.476. The highest BCUT2D eigenvalue weighted by molar-refractivity contribution is 7.17. The number of amides is 1. The van der Waals surface area contributed by atoms with Crippen LogP contribution >= 0.6 is 22.9 Å². The molecule has 0 spiro atoms. The van der Waals surface area contributed by atoms with Crippen molar-refractivity contribution in [3.8, 4) is 5.75 Å². The maximum atomic E-state index is 13.3. The molecule has 152 valence electrons. The van der Waals surface area contributed by atoms with Gasteiger partial charge in [0, 0.05) is 10.9 Å². The lowest BCUT2D eigenvalue weighted by Crippen LogP contribution is -2.30. The first-order valence-corrected chi connectivity index (χ1v) is 10.6. The van der Waals surface area contributed by atoms with Crippen molar-refractivity contribution in [2.24, 2.45) is 11.7 Å². The molecule has 1 saturated carbocycles. The van der Waals surface area contributed by atoms with Gasteiger partial charge in [-0.3, -0.25) is 4.79 Å². The zero-order chi connectivity index (χ0) is 20.4. The molecule has 1 aliphatic rings. The van der Waals surface area contributed by atoms with E-state index in [0.29, 0.717) is 21.6 Å². The second-order valence-corrected chi connectivity index (χ2v) is 9.24. The topological polar surface area (TPSA) is 55.6 Å². The van der Waals surface area contributed by atoms with E-state index in [0.717, 1.165) is 36.1 Å². The molecule has 1 unspecified atom stereocenters. The van der Waals surface area contributed by atoms with Crippen molar-refractivity contribution in [3.63, 3.8) is 0 Å². The zero-order valence-electron chi connectivity index (χ0n) is 16.4. The molecule has 1 amide bonds. The minimum atomic E-state index is -0.491. The minimum absolute atomic E-state index is 0.215. The summed E-state index contributed by atoms with van der Waals surface area (Å²) in [6, 6.07) is 7.04. The van der Waals surface area contributed by atoms with Gasteiger partial charge in [0.1, 0.15) is 10.2 Å². The molecule has 0 aliphatic heterocycles. The highest BCUT2D eigenvalue weighted by atomic mass is 35.5. The summed E-state index contributed by atoms with van der Waals surface area (Å²) in [5.74, 6) is 0.406. The van der Waals surface area contributed by atoms with Crippen molar-refractivity contribution < 1.29 is 13.9 Å². The van der Waals surface area contributed by atoms with E-state index in [1.165, 1.54) is 30.6 Å². The van der Waals surface area contributed by atoms with Crippen molar-refractivity contribution in [3.05, 3.63) is 50.4 Å². The number of halogens is 2. The minimum Gasteiger partial charge on any atom is -0.493 e. The van der Waals surface area contributed by atoms with Crippen LogP contribution in [0.4, 0.5) is 4.39 Å². The third kappa shape index (κ3) is 4.19. The number of primary amides is 1. The highest BCUT2D eigenvalue weighted by Gasteiger charge is 2.34. The van der Waals surface area contributed by atoms with E-state index < -0.39 is 5.91 Å². The van der Waals surface area contributed by atoms with Crippen molar-refractivity contribution >= 4 is 28.8 Å². The number of methoxy groups -OCH3 is 1. The molecule has 1 aromatic carbocycles. The number of hydrogen-bond donors (Lipinski definition) is 1. The fourth-order valence-corrected chi connectivity index (χ4v) is 6.05. The molecular weight excluding hydrogens is 399 g/mol. The van der Waals surface area contributed by atoms with E-state index in [2.05, 4.69) is 19.0 Å². The summed E-state index contributed by atoms with van der Waals surface area (Å²) in [4.78, 5) is 15.1. The first-order chi connectivity index (χ1) is 13.3. The van der Waals surface area contributed by atoms with Crippen LogP contribution < -0.4 is 10.5 Å². The molecule has 1 atom stereocenters. The summed E-state index contributed by atoms with van der Waals surface area (Å²) in [5, 5.41) is 0. The second-order valence-electron chi connectivity index (χ2n) is 7.58. The third-order valence-corrected chi connectivity index (χ3v) is 7.18. The van der Waals surface area contributed by atoms with Gasteiger partial charge in [-0.25, -0.2) is 4.39 Å². The quantitative estimate of drug-likeness (QED) is 0.691. The Balaban J connectivity index is 1.78. The van der Waals surface area contributed by atoms with Crippen LogP contribution in [0.1, 0.15) is 58.4 Å². The summed E-state index contributed by atoms with van der Waals surface area (Å²) < 4.78 is 19.1. The van der Waals surface area contributed by atoms with Gasteiger partial charge in [-0.05, 0) is 69.3 Å². The maximum Gasteiger partial charge on any atom is 0.253 e. The summed E-state index contributed by atoms with van der Waals surface area (Å²) in [5.41, 5.74) is 7.17. The molecule has 4 nitrogen and oxygen atoms in total. The number of nitrogens with zero attached hydrogens (tertiary/aromatic N) is 1. The van der Waals surface area contributed by atoms with Crippen LogP contribution in [0, 0.1) is 11.7 Å². The molecule has 1 aliphatic carbocycles. The van der Waals surface area contributed by atoms with E-state index in [9.17, 15) is 9.18 Å². The third-order valence-electron chi connectivity index (χ3n) is 5.66. The Labute approximate surface area is 174 Å². The Morgan fingerprint density at radius 1 is 1.25 bits per heavy atom. The standard InChI is InChI=1S/C21H26ClFN2O2S/c1-25(2)17(13-8-10-15(23)11-9-13)12-4-6-14(7-5-12)19-16(21(24)26)18(27-3)20(22)28-19/h8-12,14,17H,4-7H2,1-3H3,(H2,24,26). The number of ether oxygens (including phenoxy) is 1. The van der Waals surface area contributed by atoms with Crippen LogP contribution in [-0.2, 0) is 0 Å². The van der Waals surface area contributed by atoms with E-state index in [4.69, 9.17) is 22.1 Å². The van der Waals surface area contributed by atoms with Crippen LogP contribution in [0.5, 0.6) is 5.75 Å². The van der Waals surface area contributed by atoms with Crippen LogP contribution in [0.15, 0.2) is 24.3 Å². The van der Waals surface area contributed by atoms with Gasteiger partial charge < -0.3 is 15.4 Å². The van der Waals surface area contributed by atoms with Gasteiger partial charge in [0.25, 0.3) is 5.91 Å². The molecule has 2 aromatic rings. The van der Waals surface area contributed by atoms with Gasteiger partial charge in [0.2, 0.25) is 0 Å². The van der Waals surface area contributed by atoms with Crippen molar-refractivity contribution in [1.82, 2.24) is 4.90 Å². The smallest absolute Gasteiger partial charge is 0.253 e. The van der Waals surface area contributed by atoms with Crippen LogP contribution in [-0.4, -0.2) is 32.0 Å². The number of carbonyl (C=O) groups is 1. The average molecular weight is 425 g/mol. The number of carbonyl (C=O) groups excluding carboxylic acids is 1. The average Bonchev–Trinajstić information content (AvgIpc) is 3.00. The number of benzene rings is 1. The van der Waals surface area contributed by atoms with Gasteiger partial charge in [0.15, 0.2) is 5.75 Å². The Hall–Kier alpha value is -1.63. The maximum absolute atomic E-state index is 13.3. The summed E-state index contributed by atoms with van der Waals surface area (Å²) in [7, 11) is 5.63. The Morgan fingerprint density at radius 2 is 1.86 bits per heavy atom. The summed E-state index contributed by atoms with van der Waals surface area (Å²) in [6.07, 6.45) is 3.94. The number of rotatable bonds is 6. The largest absolute Gasteiger partial charge is 0.493 e. The monoisotopic (exact) mass is 424 g/mol. The van der Waals surface area contributed by atoms with Crippen molar-refractivity contribution in [2.45, 2.75) is 37.6 Å². The number of hydrogen-bond acceptors (Lipinski definition) is 4. The van der Waals surface area contributed by atoms with Crippen LogP contribution in [0.25, 0.3) is 0 Å². The van der Waals surface area contributed by atoms with E-state index in [1.807, 2.05) is 12.1 Å². The second kappa shape index (κ2) is 8.80. The summed E-state index contributed by atoms with van der Waals surface area (Å²) in [6.45, 7) is 0. The molecule has 0 saturated heterocycles. The molecule has 1 heterocycles. The molecule has 0 bridgehead atoms. The predicted molar refractivity (Wildman–Crippen MR) is 112 cm³/mol. The van der Waals surface area contributed by atoms with E-state index >= 15 is 0 Å². The van der Waals surface area contributed by atoms with Gasteiger partial charge >= 0.3 is 0 Å². The Morgan fingerprint density at radius 3 is 2.36 bits per heavy atom. The number of thiophene rings is 1. The normalized spacial score (nSPS) is 20.9. The van der Waals surface area contributed by atoms with Crippen molar-refractivity contribution in [2.75, 3.05) is 21.2 Å². The SMILES string of the molecule is COc1c(Cl)sc(C2CCC(C(c3ccc(F)cc3)N(C)C)CC2)c1C(N)=O. The Bertz CT molecular complexity index is 830. The number of nitrogens with two attached hydrogens (primary N) is 1. The summed E-state index contributed by atoms with van der Waals surface area (Å²) >= 11 is 7.68. The molecule has 1 aromatic heterocycles. The van der Waals surface area contributed by atoms with E-state index in [-0.39, 0.29) is 17.8 Å². The molecule has 0 radical (unpaired) electrons. The van der Waals surface area contributed by atoms with Crippen molar-refractivity contribution in [1.29, 1.82) is 0 Å². The lowest BCUT2D eigenvalue weighted by molar-refractivity contribution is 0.0996. The lowest BCUT2D eigenvalue weighted by Gasteiger charge is -2.37. The first kappa shape index (κ1) is 21.1. The highest BCUT2D eigenvalue weighted by Crippen LogP contribution is 2.49. The molecule has 28 heavy (non-hydrogen) atoms. The van der Waals surface area contributed by atoms with Crippen LogP contribution in [0.3, 0.4) is 0 Å². The zero-order valence-corrected chi connectivity index (χ0v) is 17.9. The molecule has 3 rings (SSSR count). The van der Waals surface area contributed by atoms with Gasteiger partial charge in [-0.2, -0.15) is 0 Å². The molecule has 7 heteroatoms. The van der Waals surface area contributed by atoms with Gasteiger partial charge in [-0.1, -0.05) is 23.7 Å². The van der Waals surface area contributed by atoms with Gasteiger partial charge in [-0.15, -0.1) is 11.3 Å². The predicted octanol–water partition coefficient (Wildman–Crippen LogP) is 5.22. The molecule has 2 N–H and O–H groups in total. The Kier molecular flexibility index (Phi) is 6.63.